The van der Waals surface area contributed by atoms with Crippen molar-refractivity contribution in [3.05, 3.63) is 23.8 Å². The molecule has 110 valence electrons. The van der Waals surface area contributed by atoms with Crippen LogP contribution in [0.25, 0.3) is 0 Å². The summed E-state index contributed by atoms with van der Waals surface area (Å²) in [7, 11) is 0. The Labute approximate surface area is 119 Å². The van der Waals surface area contributed by atoms with Gasteiger partial charge in [0.2, 0.25) is 12.7 Å². The van der Waals surface area contributed by atoms with Crippen LogP contribution in [0.15, 0.2) is 18.2 Å². The lowest BCUT2D eigenvalue weighted by atomic mass is 10.1. The fourth-order valence-corrected chi connectivity index (χ4v) is 1.97. The van der Waals surface area contributed by atoms with E-state index in [-0.39, 0.29) is 18.7 Å². The SMILES string of the molecule is CCC(C)NCC(=O)NC(C)c1ccc2c(c1)OCO2. The minimum absolute atomic E-state index is 0.00420. The second kappa shape index (κ2) is 6.61. The third-order valence-electron chi connectivity index (χ3n) is 3.50. The fraction of sp³-hybridized carbons (Fsp3) is 0.533. The summed E-state index contributed by atoms with van der Waals surface area (Å²) in [5, 5.41) is 6.14. The Morgan fingerprint density at radius 1 is 1.30 bits per heavy atom. The fourth-order valence-electron chi connectivity index (χ4n) is 1.97. The van der Waals surface area contributed by atoms with E-state index in [2.05, 4.69) is 24.5 Å². The largest absolute Gasteiger partial charge is 0.454 e. The summed E-state index contributed by atoms with van der Waals surface area (Å²) in [6, 6.07) is 6.02. The standard InChI is InChI=1S/C15H22N2O3/c1-4-10(2)16-8-15(18)17-11(3)12-5-6-13-14(7-12)20-9-19-13/h5-7,10-11,16H,4,8-9H2,1-3H3,(H,17,18). The highest BCUT2D eigenvalue weighted by atomic mass is 16.7. The van der Waals surface area contributed by atoms with E-state index in [0.29, 0.717) is 12.6 Å². The quantitative estimate of drug-likeness (QED) is 0.835. The summed E-state index contributed by atoms with van der Waals surface area (Å²) in [6.45, 7) is 6.71. The molecule has 0 saturated carbocycles. The minimum Gasteiger partial charge on any atom is -0.454 e. The first kappa shape index (κ1) is 14.7. The molecule has 5 nitrogen and oxygen atoms in total. The van der Waals surface area contributed by atoms with Crippen LogP contribution >= 0.6 is 0 Å². The van der Waals surface area contributed by atoms with Crippen LogP contribution in [0, 0.1) is 0 Å². The van der Waals surface area contributed by atoms with Crippen molar-refractivity contribution in [1.82, 2.24) is 10.6 Å². The molecule has 2 atom stereocenters. The highest BCUT2D eigenvalue weighted by Crippen LogP contribution is 2.34. The zero-order chi connectivity index (χ0) is 14.5. The average Bonchev–Trinajstić information content (AvgIpc) is 2.91. The van der Waals surface area contributed by atoms with Crippen LogP contribution in [-0.2, 0) is 4.79 Å². The number of ether oxygens (including phenoxy) is 2. The number of fused-ring (bicyclic) bond motifs is 1. The molecular weight excluding hydrogens is 256 g/mol. The van der Waals surface area contributed by atoms with Gasteiger partial charge in [-0.15, -0.1) is 0 Å². The smallest absolute Gasteiger partial charge is 0.234 e. The molecule has 2 unspecified atom stereocenters. The van der Waals surface area contributed by atoms with Crippen molar-refractivity contribution in [2.24, 2.45) is 0 Å². The zero-order valence-electron chi connectivity index (χ0n) is 12.2. The van der Waals surface area contributed by atoms with E-state index in [4.69, 9.17) is 9.47 Å². The third kappa shape index (κ3) is 3.63. The van der Waals surface area contributed by atoms with E-state index in [1.165, 1.54) is 0 Å². The van der Waals surface area contributed by atoms with Crippen molar-refractivity contribution in [3.8, 4) is 11.5 Å². The Kier molecular flexibility index (Phi) is 4.84. The molecule has 2 rings (SSSR count). The Bertz CT molecular complexity index is 476. The summed E-state index contributed by atoms with van der Waals surface area (Å²) in [6.07, 6.45) is 1.00. The molecule has 0 aromatic heterocycles. The molecule has 1 aromatic carbocycles. The van der Waals surface area contributed by atoms with Gasteiger partial charge in [-0.2, -0.15) is 0 Å². The van der Waals surface area contributed by atoms with Crippen molar-refractivity contribution in [2.75, 3.05) is 13.3 Å². The van der Waals surface area contributed by atoms with E-state index in [1.807, 2.05) is 25.1 Å². The van der Waals surface area contributed by atoms with Gasteiger partial charge in [-0.3, -0.25) is 4.79 Å². The highest BCUT2D eigenvalue weighted by molar-refractivity contribution is 5.78. The Balaban J connectivity index is 1.88. The molecule has 1 aliphatic heterocycles. The van der Waals surface area contributed by atoms with Crippen LogP contribution in [0.3, 0.4) is 0 Å². The summed E-state index contributed by atoms with van der Waals surface area (Å²) < 4.78 is 10.6. The summed E-state index contributed by atoms with van der Waals surface area (Å²) in [4.78, 5) is 11.9. The number of rotatable bonds is 6. The zero-order valence-corrected chi connectivity index (χ0v) is 12.2. The number of hydrogen-bond donors (Lipinski definition) is 2. The molecule has 1 aliphatic rings. The molecule has 0 spiro atoms. The maximum absolute atomic E-state index is 11.9. The molecule has 1 aromatic rings. The molecule has 2 N–H and O–H groups in total. The lowest BCUT2D eigenvalue weighted by molar-refractivity contribution is -0.121. The van der Waals surface area contributed by atoms with Crippen molar-refractivity contribution in [3.63, 3.8) is 0 Å². The molecule has 1 amide bonds. The highest BCUT2D eigenvalue weighted by Gasteiger charge is 2.16. The molecule has 20 heavy (non-hydrogen) atoms. The molecule has 0 bridgehead atoms. The number of benzene rings is 1. The Morgan fingerprint density at radius 3 is 2.80 bits per heavy atom. The third-order valence-corrected chi connectivity index (χ3v) is 3.50. The van der Waals surface area contributed by atoms with Crippen LogP contribution < -0.4 is 20.1 Å². The number of nitrogens with one attached hydrogen (secondary N) is 2. The Morgan fingerprint density at radius 2 is 2.05 bits per heavy atom. The van der Waals surface area contributed by atoms with Gasteiger partial charge in [0.25, 0.3) is 0 Å². The Hall–Kier alpha value is -1.75. The van der Waals surface area contributed by atoms with Crippen molar-refractivity contribution in [1.29, 1.82) is 0 Å². The molecule has 0 radical (unpaired) electrons. The first-order valence-corrected chi connectivity index (χ1v) is 7.02. The van der Waals surface area contributed by atoms with Gasteiger partial charge in [0, 0.05) is 6.04 Å². The number of carbonyl (C=O) groups is 1. The van der Waals surface area contributed by atoms with E-state index in [0.717, 1.165) is 23.5 Å². The predicted octanol–water partition coefficient (Wildman–Crippen LogP) is 1.98. The number of carbonyl (C=O) groups excluding carboxylic acids is 1. The van der Waals surface area contributed by atoms with Crippen molar-refractivity contribution in [2.45, 2.75) is 39.3 Å². The molecule has 0 fully saturated rings. The van der Waals surface area contributed by atoms with Crippen LogP contribution in [-0.4, -0.2) is 25.3 Å². The lowest BCUT2D eigenvalue weighted by Gasteiger charge is -2.16. The predicted molar refractivity (Wildman–Crippen MR) is 76.9 cm³/mol. The average molecular weight is 278 g/mol. The molecule has 5 heteroatoms. The molecule has 1 heterocycles. The van der Waals surface area contributed by atoms with Gasteiger partial charge in [-0.05, 0) is 38.0 Å². The van der Waals surface area contributed by atoms with Gasteiger partial charge in [0.1, 0.15) is 0 Å². The molecular formula is C15H22N2O3. The van der Waals surface area contributed by atoms with Crippen LogP contribution in [0.5, 0.6) is 11.5 Å². The summed E-state index contributed by atoms with van der Waals surface area (Å²) >= 11 is 0. The summed E-state index contributed by atoms with van der Waals surface area (Å²) in [5.74, 6) is 1.49. The van der Waals surface area contributed by atoms with E-state index >= 15 is 0 Å². The second-order valence-corrected chi connectivity index (χ2v) is 5.09. The van der Waals surface area contributed by atoms with Gasteiger partial charge < -0.3 is 20.1 Å². The van der Waals surface area contributed by atoms with Crippen LogP contribution in [0.2, 0.25) is 0 Å². The van der Waals surface area contributed by atoms with Crippen molar-refractivity contribution < 1.29 is 14.3 Å². The maximum Gasteiger partial charge on any atom is 0.234 e. The lowest BCUT2D eigenvalue weighted by Crippen LogP contribution is -2.38. The van der Waals surface area contributed by atoms with Gasteiger partial charge >= 0.3 is 0 Å². The van der Waals surface area contributed by atoms with Gasteiger partial charge in [0.15, 0.2) is 11.5 Å². The van der Waals surface area contributed by atoms with Gasteiger partial charge in [0.05, 0.1) is 12.6 Å². The first-order valence-electron chi connectivity index (χ1n) is 7.02. The van der Waals surface area contributed by atoms with Crippen LogP contribution in [0.4, 0.5) is 0 Å². The van der Waals surface area contributed by atoms with Crippen molar-refractivity contribution >= 4 is 5.91 Å². The first-order chi connectivity index (χ1) is 9.60. The van der Waals surface area contributed by atoms with Crippen LogP contribution in [0.1, 0.15) is 38.8 Å². The molecule has 0 saturated heterocycles. The maximum atomic E-state index is 11.9. The second-order valence-electron chi connectivity index (χ2n) is 5.09. The van der Waals surface area contributed by atoms with Gasteiger partial charge in [-0.25, -0.2) is 0 Å². The summed E-state index contributed by atoms with van der Waals surface area (Å²) in [5.41, 5.74) is 1.01. The van der Waals surface area contributed by atoms with Gasteiger partial charge in [-0.1, -0.05) is 13.0 Å². The van der Waals surface area contributed by atoms with E-state index < -0.39 is 0 Å². The topological polar surface area (TPSA) is 59.6 Å². The molecule has 0 aliphatic carbocycles. The number of hydrogen-bond acceptors (Lipinski definition) is 4. The van der Waals surface area contributed by atoms with E-state index in [1.54, 1.807) is 0 Å². The van der Waals surface area contributed by atoms with E-state index in [9.17, 15) is 4.79 Å². The minimum atomic E-state index is -0.0595. The number of amides is 1. The monoisotopic (exact) mass is 278 g/mol. The normalized spacial score (nSPS) is 15.8.